The van der Waals surface area contributed by atoms with Crippen molar-refractivity contribution in [1.82, 2.24) is 14.7 Å². The van der Waals surface area contributed by atoms with Gasteiger partial charge in [-0.25, -0.2) is 23.1 Å². The van der Waals surface area contributed by atoms with Gasteiger partial charge in [0.2, 0.25) is 10.0 Å². The topological polar surface area (TPSA) is 96.0 Å². The normalized spacial score (nSPS) is 11.4. The molecule has 0 atom stereocenters. The maximum atomic E-state index is 11.0. The van der Waals surface area contributed by atoms with E-state index in [0.717, 1.165) is 42.1 Å². The second kappa shape index (κ2) is 8.14. The van der Waals surface area contributed by atoms with Gasteiger partial charge in [0.15, 0.2) is 0 Å². The van der Waals surface area contributed by atoms with E-state index >= 15 is 0 Å². The minimum atomic E-state index is -3.12. The highest BCUT2D eigenvalue weighted by Gasteiger charge is 2.09. The average molecular weight is 315 g/mol. The summed E-state index contributed by atoms with van der Waals surface area (Å²) in [6.45, 7) is 5.11. The van der Waals surface area contributed by atoms with Crippen LogP contribution in [0.5, 0.6) is 0 Å². The van der Waals surface area contributed by atoms with Crippen molar-refractivity contribution in [2.75, 3.05) is 37.0 Å². The molecule has 21 heavy (non-hydrogen) atoms. The van der Waals surface area contributed by atoms with Crippen molar-refractivity contribution in [1.29, 1.82) is 0 Å². The summed E-state index contributed by atoms with van der Waals surface area (Å²) in [6, 6.07) is 0. The zero-order chi connectivity index (χ0) is 15.9. The Kier molecular flexibility index (Phi) is 6.83. The minimum absolute atomic E-state index is 0.413. The third-order valence-corrected chi connectivity index (χ3v) is 3.64. The second-order valence-corrected chi connectivity index (χ2v) is 6.74. The Morgan fingerprint density at radius 1 is 1.14 bits per heavy atom. The zero-order valence-corrected chi connectivity index (χ0v) is 14.0. The molecule has 1 aromatic rings. The first kappa shape index (κ1) is 17.6. The molecule has 0 saturated heterocycles. The van der Waals surface area contributed by atoms with Gasteiger partial charge < -0.3 is 10.6 Å². The first-order valence-electron chi connectivity index (χ1n) is 7.11. The molecule has 0 aliphatic heterocycles. The fourth-order valence-corrected chi connectivity index (χ4v) is 2.38. The Labute approximate surface area is 127 Å². The van der Waals surface area contributed by atoms with Crippen LogP contribution in [-0.4, -0.2) is 44.8 Å². The van der Waals surface area contributed by atoms with E-state index in [9.17, 15) is 8.42 Å². The molecule has 0 amide bonds. The van der Waals surface area contributed by atoms with E-state index in [1.807, 2.05) is 14.0 Å². The van der Waals surface area contributed by atoms with Gasteiger partial charge in [-0.3, -0.25) is 0 Å². The number of sulfonamides is 1. The van der Waals surface area contributed by atoms with Crippen LogP contribution in [0, 0.1) is 6.92 Å². The van der Waals surface area contributed by atoms with E-state index in [1.54, 1.807) is 0 Å². The van der Waals surface area contributed by atoms with Gasteiger partial charge in [-0.1, -0.05) is 6.92 Å². The van der Waals surface area contributed by atoms with Crippen molar-refractivity contribution in [3.8, 4) is 0 Å². The maximum Gasteiger partial charge on any atom is 0.208 e. The molecule has 1 aromatic heterocycles. The molecule has 7 nitrogen and oxygen atoms in total. The summed E-state index contributed by atoms with van der Waals surface area (Å²) in [4.78, 5) is 8.98. The number of hydrogen-bond donors (Lipinski definition) is 3. The summed E-state index contributed by atoms with van der Waals surface area (Å²) in [6.07, 6.45) is 3.67. The SMILES string of the molecule is CCCc1nc(NC)c(C)c(NCCCNS(C)(=O)=O)n1. The molecular formula is C13H25N5O2S. The summed E-state index contributed by atoms with van der Waals surface area (Å²) in [5.74, 6) is 2.44. The molecule has 0 bridgehead atoms. The Bertz CT molecular complexity index is 560. The number of nitrogens with one attached hydrogen (secondary N) is 3. The number of hydrogen-bond acceptors (Lipinski definition) is 6. The molecule has 0 unspecified atom stereocenters. The number of aromatic nitrogens is 2. The van der Waals surface area contributed by atoms with Crippen LogP contribution in [0.25, 0.3) is 0 Å². The van der Waals surface area contributed by atoms with E-state index < -0.39 is 10.0 Å². The van der Waals surface area contributed by atoms with Gasteiger partial charge in [-0.2, -0.15) is 0 Å². The summed E-state index contributed by atoms with van der Waals surface area (Å²) in [5.41, 5.74) is 0.966. The molecule has 1 rings (SSSR count). The van der Waals surface area contributed by atoms with Crippen LogP contribution in [0.1, 0.15) is 31.2 Å². The summed E-state index contributed by atoms with van der Waals surface area (Å²) >= 11 is 0. The van der Waals surface area contributed by atoms with Gasteiger partial charge in [-0.05, 0) is 19.8 Å². The molecule has 0 aromatic carbocycles. The lowest BCUT2D eigenvalue weighted by atomic mass is 10.2. The Hall–Kier alpha value is -1.41. The number of aryl methyl sites for hydroxylation is 1. The van der Waals surface area contributed by atoms with Crippen molar-refractivity contribution in [3.05, 3.63) is 11.4 Å². The number of rotatable bonds is 9. The van der Waals surface area contributed by atoms with E-state index in [4.69, 9.17) is 0 Å². The van der Waals surface area contributed by atoms with Crippen molar-refractivity contribution in [2.45, 2.75) is 33.1 Å². The predicted octanol–water partition coefficient (Wildman–Crippen LogP) is 1.13. The highest BCUT2D eigenvalue weighted by Crippen LogP contribution is 2.19. The Morgan fingerprint density at radius 3 is 2.38 bits per heavy atom. The van der Waals surface area contributed by atoms with Crippen molar-refractivity contribution in [2.24, 2.45) is 0 Å². The van der Waals surface area contributed by atoms with Crippen molar-refractivity contribution < 1.29 is 8.42 Å². The summed E-state index contributed by atoms with van der Waals surface area (Å²) in [5, 5.41) is 6.32. The monoisotopic (exact) mass is 315 g/mol. The van der Waals surface area contributed by atoms with Gasteiger partial charge >= 0.3 is 0 Å². The average Bonchev–Trinajstić information content (AvgIpc) is 2.40. The molecule has 0 radical (unpaired) electrons. The van der Waals surface area contributed by atoms with Crippen LogP contribution in [0.15, 0.2) is 0 Å². The standard InChI is InChI=1S/C13H25N5O2S/c1-5-7-11-17-12(14-3)10(2)13(18-11)15-8-6-9-16-21(4,19)20/h16H,5-9H2,1-4H3,(H2,14,15,17,18). The second-order valence-electron chi connectivity index (χ2n) is 4.91. The van der Waals surface area contributed by atoms with Crippen molar-refractivity contribution in [3.63, 3.8) is 0 Å². The fraction of sp³-hybridized carbons (Fsp3) is 0.692. The number of nitrogens with zero attached hydrogens (tertiary/aromatic N) is 2. The van der Waals surface area contributed by atoms with Crippen LogP contribution in [0.4, 0.5) is 11.6 Å². The molecule has 0 spiro atoms. The Balaban J connectivity index is 2.63. The molecule has 0 fully saturated rings. The number of anilines is 2. The molecule has 3 N–H and O–H groups in total. The molecular weight excluding hydrogens is 290 g/mol. The van der Waals surface area contributed by atoms with Crippen LogP contribution < -0.4 is 15.4 Å². The summed E-state index contributed by atoms with van der Waals surface area (Å²) in [7, 11) is -1.28. The zero-order valence-electron chi connectivity index (χ0n) is 13.2. The van der Waals surface area contributed by atoms with Gasteiger partial charge in [0.05, 0.1) is 6.26 Å². The van der Waals surface area contributed by atoms with Crippen LogP contribution in [0.2, 0.25) is 0 Å². The van der Waals surface area contributed by atoms with Crippen molar-refractivity contribution >= 4 is 21.7 Å². The lowest BCUT2D eigenvalue weighted by Gasteiger charge is -2.13. The summed E-state index contributed by atoms with van der Waals surface area (Å²) < 4.78 is 24.4. The first-order chi connectivity index (χ1) is 9.87. The lowest BCUT2D eigenvalue weighted by Crippen LogP contribution is -2.24. The minimum Gasteiger partial charge on any atom is -0.373 e. The molecule has 8 heteroatoms. The van der Waals surface area contributed by atoms with E-state index in [-0.39, 0.29) is 0 Å². The van der Waals surface area contributed by atoms with Crippen LogP contribution in [0.3, 0.4) is 0 Å². The highest BCUT2D eigenvalue weighted by atomic mass is 32.2. The maximum absolute atomic E-state index is 11.0. The fourth-order valence-electron chi connectivity index (χ4n) is 1.87. The molecule has 0 saturated carbocycles. The van der Waals surface area contributed by atoms with Crippen LogP contribution in [-0.2, 0) is 16.4 Å². The van der Waals surface area contributed by atoms with Gasteiger partial charge in [0.25, 0.3) is 0 Å². The van der Waals surface area contributed by atoms with Gasteiger partial charge in [-0.15, -0.1) is 0 Å². The third-order valence-electron chi connectivity index (χ3n) is 2.91. The van der Waals surface area contributed by atoms with Crippen LogP contribution >= 0.6 is 0 Å². The first-order valence-corrected chi connectivity index (χ1v) is 9.00. The lowest BCUT2D eigenvalue weighted by molar-refractivity contribution is 0.586. The van der Waals surface area contributed by atoms with E-state index in [1.165, 1.54) is 0 Å². The third kappa shape index (κ3) is 6.26. The van der Waals surface area contributed by atoms with E-state index in [0.29, 0.717) is 19.5 Å². The molecule has 1 heterocycles. The highest BCUT2D eigenvalue weighted by molar-refractivity contribution is 7.88. The largest absolute Gasteiger partial charge is 0.373 e. The Morgan fingerprint density at radius 2 is 1.81 bits per heavy atom. The van der Waals surface area contributed by atoms with E-state index in [2.05, 4.69) is 32.2 Å². The smallest absolute Gasteiger partial charge is 0.208 e. The molecule has 0 aliphatic carbocycles. The predicted molar refractivity (Wildman–Crippen MR) is 86.3 cm³/mol. The molecule has 0 aliphatic rings. The quantitative estimate of drug-likeness (QED) is 0.591. The van der Waals surface area contributed by atoms with Gasteiger partial charge in [0, 0.05) is 32.1 Å². The molecule has 120 valence electrons. The van der Waals surface area contributed by atoms with Gasteiger partial charge in [0.1, 0.15) is 17.5 Å².